The Labute approximate surface area is 200 Å². The number of rotatable bonds is 4. The van der Waals surface area contributed by atoms with Gasteiger partial charge in [0.25, 0.3) is 0 Å². The summed E-state index contributed by atoms with van der Waals surface area (Å²) in [6, 6.07) is 10.1. The fourth-order valence-electron chi connectivity index (χ4n) is 5.41. The standard InChI is InChI=1S/C27H33N5O2/c1-18-16-24(34)25(20-6-3-4-7-20)26-23(18)17-28-27(30-26)29-21-8-10-22(11-9-21)32-13-5-12-31(14-15-32)19(2)33/h8-11,16-17,20,34H,3-7,12-15H2,1-2H3,(H,28,29,30). The van der Waals surface area contributed by atoms with E-state index in [2.05, 4.69) is 27.3 Å². The number of fused-ring (bicyclic) bond motifs is 1. The maximum absolute atomic E-state index is 11.7. The Balaban J connectivity index is 1.36. The molecule has 7 nitrogen and oxygen atoms in total. The number of amides is 1. The van der Waals surface area contributed by atoms with Crippen molar-refractivity contribution < 1.29 is 9.90 Å². The lowest BCUT2D eigenvalue weighted by Crippen LogP contribution is -2.33. The van der Waals surface area contributed by atoms with Crippen molar-refractivity contribution in [1.29, 1.82) is 0 Å². The Morgan fingerprint density at radius 3 is 2.56 bits per heavy atom. The lowest BCUT2D eigenvalue weighted by atomic mass is 9.92. The maximum atomic E-state index is 11.7. The first-order valence-corrected chi connectivity index (χ1v) is 12.4. The lowest BCUT2D eigenvalue weighted by Gasteiger charge is -2.23. The summed E-state index contributed by atoms with van der Waals surface area (Å²) in [5.41, 5.74) is 4.89. The molecule has 2 heterocycles. The van der Waals surface area contributed by atoms with E-state index in [1.807, 2.05) is 36.2 Å². The number of aryl methyl sites for hydroxylation is 1. The average molecular weight is 460 g/mol. The van der Waals surface area contributed by atoms with Gasteiger partial charge in [-0.2, -0.15) is 0 Å². The third-order valence-corrected chi connectivity index (χ3v) is 7.29. The van der Waals surface area contributed by atoms with Crippen LogP contribution in [0.1, 0.15) is 56.1 Å². The second-order valence-corrected chi connectivity index (χ2v) is 9.58. The molecule has 178 valence electrons. The first-order valence-electron chi connectivity index (χ1n) is 12.4. The van der Waals surface area contributed by atoms with Gasteiger partial charge in [0.1, 0.15) is 5.75 Å². The molecule has 1 saturated heterocycles. The van der Waals surface area contributed by atoms with Crippen LogP contribution in [-0.4, -0.2) is 52.1 Å². The Kier molecular flexibility index (Phi) is 6.26. The Bertz CT molecular complexity index is 1190. The summed E-state index contributed by atoms with van der Waals surface area (Å²) in [5.74, 6) is 1.40. The van der Waals surface area contributed by atoms with Crippen molar-refractivity contribution >= 4 is 34.1 Å². The summed E-state index contributed by atoms with van der Waals surface area (Å²) in [6.07, 6.45) is 7.43. The van der Waals surface area contributed by atoms with Crippen LogP contribution in [0.3, 0.4) is 0 Å². The highest BCUT2D eigenvalue weighted by molar-refractivity contribution is 5.88. The lowest BCUT2D eigenvalue weighted by molar-refractivity contribution is -0.128. The predicted octanol–water partition coefficient (Wildman–Crippen LogP) is 5.10. The number of carbonyl (C=O) groups excluding carboxylic acids is 1. The van der Waals surface area contributed by atoms with Gasteiger partial charge >= 0.3 is 0 Å². The highest BCUT2D eigenvalue weighted by Crippen LogP contribution is 2.42. The van der Waals surface area contributed by atoms with E-state index in [4.69, 9.17) is 4.98 Å². The molecule has 2 aliphatic rings. The zero-order valence-electron chi connectivity index (χ0n) is 20.0. The topological polar surface area (TPSA) is 81.6 Å². The number of phenolic OH excluding ortho intramolecular Hbond substituents is 1. The number of anilines is 3. The highest BCUT2D eigenvalue weighted by Gasteiger charge is 2.24. The van der Waals surface area contributed by atoms with E-state index in [0.29, 0.717) is 17.6 Å². The van der Waals surface area contributed by atoms with Gasteiger partial charge in [0, 0.05) is 61.6 Å². The first-order chi connectivity index (χ1) is 16.5. The van der Waals surface area contributed by atoms with Crippen LogP contribution in [0.25, 0.3) is 10.9 Å². The third-order valence-electron chi connectivity index (χ3n) is 7.29. The Morgan fingerprint density at radius 1 is 1.06 bits per heavy atom. The van der Waals surface area contributed by atoms with Crippen molar-refractivity contribution in [2.75, 3.05) is 36.4 Å². The maximum Gasteiger partial charge on any atom is 0.227 e. The van der Waals surface area contributed by atoms with E-state index in [1.54, 1.807) is 6.92 Å². The number of carbonyl (C=O) groups is 1. The molecule has 3 aromatic rings. The molecule has 1 saturated carbocycles. The van der Waals surface area contributed by atoms with Gasteiger partial charge in [0.2, 0.25) is 11.9 Å². The van der Waals surface area contributed by atoms with Gasteiger partial charge in [-0.1, -0.05) is 12.8 Å². The Hall–Kier alpha value is -3.35. The molecule has 34 heavy (non-hydrogen) atoms. The summed E-state index contributed by atoms with van der Waals surface area (Å²) < 4.78 is 0. The van der Waals surface area contributed by atoms with Crippen molar-refractivity contribution in [2.45, 2.75) is 51.9 Å². The molecule has 7 heteroatoms. The van der Waals surface area contributed by atoms with Crippen molar-refractivity contribution in [3.8, 4) is 5.75 Å². The number of aromatic nitrogens is 2. The fraction of sp³-hybridized carbons (Fsp3) is 0.444. The van der Waals surface area contributed by atoms with Gasteiger partial charge in [-0.15, -0.1) is 0 Å². The van der Waals surface area contributed by atoms with Crippen molar-refractivity contribution in [1.82, 2.24) is 14.9 Å². The van der Waals surface area contributed by atoms with Crippen LogP contribution < -0.4 is 10.2 Å². The summed E-state index contributed by atoms with van der Waals surface area (Å²) >= 11 is 0. The number of hydrogen-bond acceptors (Lipinski definition) is 6. The molecule has 1 aliphatic carbocycles. The van der Waals surface area contributed by atoms with Gasteiger partial charge in [0.15, 0.2) is 0 Å². The van der Waals surface area contributed by atoms with Crippen molar-refractivity contribution in [3.05, 3.63) is 47.7 Å². The van der Waals surface area contributed by atoms with Crippen LogP contribution in [-0.2, 0) is 4.79 Å². The number of aromatic hydroxyl groups is 1. The van der Waals surface area contributed by atoms with Crippen LogP contribution in [0.2, 0.25) is 0 Å². The quantitative estimate of drug-likeness (QED) is 0.565. The van der Waals surface area contributed by atoms with Gasteiger partial charge < -0.3 is 20.2 Å². The minimum atomic E-state index is 0.149. The molecule has 2 fully saturated rings. The predicted molar refractivity (Wildman–Crippen MR) is 136 cm³/mol. The normalized spacial score (nSPS) is 17.2. The highest BCUT2D eigenvalue weighted by atomic mass is 16.3. The van der Waals surface area contributed by atoms with E-state index in [0.717, 1.165) is 78.8 Å². The van der Waals surface area contributed by atoms with E-state index in [9.17, 15) is 9.90 Å². The second kappa shape index (κ2) is 9.49. The molecule has 1 amide bonds. The average Bonchev–Trinajstić information content (AvgIpc) is 3.22. The molecule has 0 atom stereocenters. The zero-order valence-corrected chi connectivity index (χ0v) is 20.0. The molecule has 0 unspecified atom stereocenters. The Morgan fingerprint density at radius 2 is 1.82 bits per heavy atom. The van der Waals surface area contributed by atoms with Crippen LogP contribution in [0.5, 0.6) is 5.75 Å². The largest absolute Gasteiger partial charge is 0.508 e. The van der Waals surface area contributed by atoms with Crippen molar-refractivity contribution in [2.24, 2.45) is 0 Å². The van der Waals surface area contributed by atoms with E-state index in [1.165, 1.54) is 12.8 Å². The first kappa shape index (κ1) is 22.4. The number of nitrogens with zero attached hydrogens (tertiary/aromatic N) is 4. The SMILES string of the molecule is CC(=O)N1CCCN(c2ccc(Nc3ncc4c(C)cc(O)c(C5CCCC5)c4n3)cc2)CC1. The van der Waals surface area contributed by atoms with Gasteiger partial charge in [-0.25, -0.2) is 9.97 Å². The molecule has 1 aliphatic heterocycles. The number of hydrogen-bond donors (Lipinski definition) is 2. The molecular formula is C27H33N5O2. The molecular weight excluding hydrogens is 426 g/mol. The summed E-state index contributed by atoms with van der Waals surface area (Å²) in [4.78, 5) is 25.4. The monoisotopic (exact) mass is 459 g/mol. The molecule has 5 rings (SSSR count). The number of nitrogens with one attached hydrogen (secondary N) is 1. The van der Waals surface area contributed by atoms with E-state index in [-0.39, 0.29) is 5.91 Å². The van der Waals surface area contributed by atoms with E-state index >= 15 is 0 Å². The molecule has 2 N–H and O–H groups in total. The van der Waals surface area contributed by atoms with E-state index < -0.39 is 0 Å². The number of phenols is 1. The van der Waals surface area contributed by atoms with Crippen LogP contribution in [0.4, 0.5) is 17.3 Å². The summed E-state index contributed by atoms with van der Waals surface area (Å²) in [6.45, 7) is 7.00. The molecule has 0 bridgehead atoms. The van der Waals surface area contributed by atoms with Crippen LogP contribution >= 0.6 is 0 Å². The summed E-state index contributed by atoms with van der Waals surface area (Å²) in [7, 11) is 0. The third kappa shape index (κ3) is 4.52. The summed E-state index contributed by atoms with van der Waals surface area (Å²) in [5, 5.41) is 15.1. The minimum absolute atomic E-state index is 0.149. The molecule has 1 aromatic heterocycles. The minimum Gasteiger partial charge on any atom is -0.508 e. The zero-order chi connectivity index (χ0) is 23.7. The van der Waals surface area contributed by atoms with Gasteiger partial charge in [-0.05, 0) is 68.0 Å². The second-order valence-electron chi connectivity index (χ2n) is 9.58. The smallest absolute Gasteiger partial charge is 0.227 e. The molecule has 2 aromatic carbocycles. The van der Waals surface area contributed by atoms with Crippen molar-refractivity contribution in [3.63, 3.8) is 0 Å². The fourth-order valence-corrected chi connectivity index (χ4v) is 5.41. The molecule has 0 radical (unpaired) electrons. The van der Waals surface area contributed by atoms with Gasteiger partial charge in [-0.3, -0.25) is 4.79 Å². The molecule has 0 spiro atoms. The number of benzene rings is 2. The van der Waals surface area contributed by atoms with Gasteiger partial charge in [0.05, 0.1) is 5.52 Å². The van der Waals surface area contributed by atoms with Crippen LogP contribution in [0.15, 0.2) is 36.5 Å². The van der Waals surface area contributed by atoms with Crippen LogP contribution in [0, 0.1) is 6.92 Å².